The van der Waals surface area contributed by atoms with Gasteiger partial charge in [-0.25, -0.2) is 8.42 Å². The second-order valence-electron chi connectivity index (χ2n) is 4.16. The van der Waals surface area contributed by atoms with E-state index in [0.29, 0.717) is 12.8 Å². The third-order valence-corrected chi connectivity index (χ3v) is 4.95. The van der Waals surface area contributed by atoms with Gasteiger partial charge in [0.05, 0.1) is 11.7 Å². The fraction of sp³-hybridized carbons (Fsp3) is 0.900. The molecule has 1 N–H and O–H groups in total. The molecule has 1 aliphatic rings. The minimum Gasteiger partial charge on any atom is -0.481 e. The Labute approximate surface area is 90.6 Å². The zero-order valence-corrected chi connectivity index (χ0v) is 9.79. The summed E-state index contributed by atoms with van der Waals surface area (Å²) in [4.78, 5) is 10.9. The van der Waals surface area contributed by atoms with Gasteiger partial charge in [-0.3, -0.25) is 4.79 Å². The van der Waals surface area contributed by atoms with E-state index in [9.17, 15) is 13.2 Å². The molecule has 0 aliphatic heterocycles. The largest absolute Gasteiger partial charge is 0.481 e. The molecule has 2 unspecified atom stereocenters. The third-order valence-electron chi connectivity index (χ3n) is 3.22. The van der Waals surface area contributed by atoms with Gasteiger partial charge in [0.1, 0.15) is 9.84 Å². The topological polar surface area (TPSA) is 71.4 Å². The quantitative estimate of drug-likeness (QED) is 0.778. The first kappa shape index (κ1) is 12.5. The predicted molar refractivity (Wildman–Crippen MR) is 57.4 cm³/mol. The highest BCUT2D eigenvalue weighted by Crippen LogP contribution is 2.34. The number of hydrogen-bond acceptors (Lipinski definition) is 3. The first-order chi connectivity index (χ1) is 6.96. The van der Waals surface area contributed by atoms with Crippen molar-refractivity contribution in [1.29, 1.82) is 0 Å². The molecule has 0 spiro atoms. The van der Waals surface area contributed by atoms with Crippen LogP contribution in [0.2, 0.25) is 0 Å². The van der Waals surface area contributed by atoms with Gasteiger partial charge >= 0.3 is 5.97 Å². The standard InChI is InChI=1S/C10H18O4S/c1-2-15(13,14)7-6-8-4-3-5-9(8)10(11)12/h8-9H,2-7H2,1H3,(H,11,12). The number of rotatable bonds is 5. The molecule has 0 bridgehead atoms. The summed E-state index contributed by atoms with van der Waals surface area (Å²) < 4.78 is 22.6. The number of sulfone groups is 1. The summed E-state index contributed by atoms with van der Waals surface area (Å²) in [5, 5.41) is 8.92. The van der Waals surface area contributed by atoms with Crippen LogP contribution in [0.3, 0.4) is 0 Å². The van der Waals surface area contributed by atoms with E-state index in [0.717, 1.165) is 12.8 Å². The zero-order valence-electron chi connectivity index (χ0n) is 8.98. The van der Waals surface area contributed by atoms with E-state index in [4.69, 9.17) is 5.11 Å². The van der Waals surface area contributed by atoms with E-state index >= 15 is 0 Å². The Bertz CT molecular complexity index is 320. The van der Waals surface area contributed by atoms with Gasteiger partial charge in [0.15, 0.2) is 0 Å². The molecule has 15 heavy (non-hydrogen) atoms. The van der Waals surface area contributed by atoms with Crippen molar-refractivity contribution in [3.8, 4) is 0 Å². The molecule has 1 rings (SSSR count). The smallest absolute Gasteiger partial charge is 0.306 e. The van der Waals surface area contributed by atoms with Gasteiger partial charge in [0.2, 0.25) is 0 Å². The second kappa shape index (κ2) is 4.96. The molecule has 0 saturated heterocycles. The maximum atomic E-state index is 11.3. The number of carboxylic acids is 1. The van der Waals surface area contributed by atoms with Crippen molar-refractivity contribution in [3.63, 3.8) is 0 Å². The van der Waals surface area contributed by atoms with E-state index in [1.807, 2.05) is 0 Å². The van der Waals surface area contributed by atoms with Crippen molar-refractivity contribution in [3.05, 3.63) is 0 Å². The Hall–Kier alpha value is -0.580. The number of carbonyl (C=O) groups is 1. The summed E-state index contributed by atoms with van der Waals surface area (Å²) in [5.41, 5.74) is 0. The lowest BCUT2D eigenvalue weighted by atomic mass is 9.94. The molecule has 1 aliphatic carbocycles. The predicted octanol–water partition coefficient (Wildman–Crippen LogP) is 1.31. The SMILES string of the molecule is CCS(=O)(=O)CCC1CCCC1C(=O)O. The molecule has 0 amide bonds. The van der Waals surface area contributed by atoms with Crippen LogP contribution in [0.1, 0.15) is 32.6 Å². The molecule has 1 saturated carbocycles. The van der Waals surface area contributed by atoms with E-state index in [1.54, 1.807) is 6.92 Å². The maximum Gasteiger partial charge on any atom is 0.306 e. The summed E-state index contributed by atoms with van der Waals surface area (Å²) in [5.74, 6) is -0.748. The first-order valence-corrected chi connectivity index (χ1v) is 7.21. The molecule has 88 valence electrons. The van der Waals surface area contributed by atoms with Crippen LogP contribution in [0.4, 0.5) is 0 Å². The molecule has 1 fully saturated rings. The van der Waals surface area contributed by atoms with Crippen LogP contribution < -0.4 is 0 Å². The summed E-state index contributed by atoms with van der Waals surface area (Å²) in [6.07, 6.45) is 2.98. The van der Waals surface area contributed by atoms with Crippen molar-refractivity contribution in [2.45, 2.75) is 32.6 Å². The lowest BCUT2D eigenvalue weighted by molar-refractivity contribution is -0.142. The molecule has 0 aromatic carbocycles. The highest BCUT2D eigenvalue weighted by Gasteiger charge is 2.33. The van der Waals surface area contributed by atoms with Crippen molar-refractivity contribution >= 4 is 15.8 Å². The molecular formula is C10H18O4S. The third kappa shape index (κ3) is 3.48. The van der Waals surface area contributed by atoms with Gasteiger partial charge in [-0.2, -0.15) is 0 Å². The van der Waals surface area contributed by atoms with Gasteiger partial charge in [-0.1, -0.05) is 13.3 Å². The Balaban J connectivity index is 2.48. The summed E-state index contributed by atoms with van der Waals surface area (Å²) >= 11 is 0. The molecule has 0 radical (unpaired) electrons. The fourth-order valence-electron chi connectivity index (χ4n) is 2.18. The monoisotopic (exact) mass is 234 g/mol. The number of carboxylic acid groups (broad SMARTS) is 1. The van der Waals surface area contributed by atoms with E-state index in [2.05, 4.69) is 0 Å². The highest BCUT2D eigenvalue weighted by atomic mass is 32.2. The van der Waals surface area contributed by atoms with Crippen LogP contribution in [-0.4, -0.2) is 31.0 Å². The Morgan fingerprint density at radius 3 is 2.60 bits per heavy atom. The van der Waals surface area contributed by atoms with Crippen LogP contribution in [0.15, 0.2) is 0 Å². The first-order valence-electron chi connectivity index (χ1n) is 5.39. The van der Waals surface area contributed by atoms with Gasteiger partial charge in [0.25, 0.3) is 0 Å². The highest BCUT2D eigenvalue weighted by molar-refractivity contribution is 7.91. The van der Waals surface area contributed by atoms with Crippen molar-refractivity contribution in [2.75, 3.05) is 11.5 Å². The molecule has 4 nitrogen and oxygen atoms in total. The van der Waals surface area contributed by atoms with Crippen LogP contribution in [0.25, 0.3) is 0 Å². The number of hydrogen-bond donors (Lipinski definition) is 1. The van der Waals surface area contributed by atoms with E-state index in [-0.39, 0.29) is 23.3 Å². The molecular weight excluding hydrogens is 216 g/mol. The number of aliphatic carboxylic acids is 1. The van der Waals surface area contributed by atoms with Gasteiger partial charge in [-0.15, -0.1) is 0 Å². The molecule has 0 heterocycles. The molecule has 2 atom stereocenters. The summed E-state index contributed by atoms with van der Waals surface area (Å²) in [7, 11) is -2.95. The van der Waals surface area contributed by atoms with Crippen molar-refractivity contribution < 1.29 is 18.3 Å². The Morgan fingerprint density at radius 1 is 1.40 bits per heavy atom. The molecule has 5 heteroatoms. The van der Waals surface area contributed by atoms with Gasteiger partial charge in [0, 0.05) is 5.75 Å². The minimum atomic E-state index is -2.95. The minimum absolute atomic E-state index is 0.0591. The lowest BCUT2D eigenvalue weighted by Gasteiger charge is -2.14. The summed E-state index contributed by atoms with van der Waals surface area (Å²) in [6, 6.07) is 0. The van der Waals surface area contributed by atoms with Crippen molar-refractivity contribution in [1.82, 2.24) is 0 Å². The van der Waals surface area contributed by atoms with Crippen LogP contribution >= 0.6 is 0 Å². The summed E-state index contributed by atoms with van der Waals surface area (Å²) in [6.45, 7) is 1.62. The Kier molecular flexibility index (Phi) is 4.13. The van der Waals surface area contributed by atoms with Crippen molar-refractivity contribution in [2.24, 2.45) is 11.8 Å². The maximum absolute atomic E-state index is 11.3. The average molecular weight is 234 g/mol. The molecule has 0 aromatic heterocycles. The van der Waals surface area contributed by atoms with Gasteiger partial charge < -0.3 is 5.11 Å². The van der Waals surface area contributed by atoms with Crippen LogP contribution in [-0.2, 0) is 14.6 Å². The zero-order chi connectivity index (χ0) is 11.5. The second-order valence-corrected chi connectivity index (χ2v) is 6.63. The fourth-order valence-corrected chi connectivity index (χ4v) is 3.13. The average Bonchev–Trinajstić information content (AvgIpc) is 2.63. The van der Waals surface area contributed by atoms with Crippen LogP contribution in [0, 0.1) is 11.8 Å². The van der Waals surface area contributed by atoms with E-state index < -0.39 is 15.8 Å². The lowest BCUT2D eigenvalue weighted by Crippen LogP contribution is -2.21. The van der Waals surface area contributed by atoms with E-state index in [1.165, 1.54) is 0 Å². The normalized spacial score (nSPS) is 26.7. The van der Waals surface area contributed by atoms with Gasteiger partial charge in [-0.05, 0) is 25.2 Å². The van der Waals surface area contributed by atoms with Crippen LogP contribution in [0.5, 0.6) is 0 Å². The Morgan fingerprint density at radius 2 is 2.07 bits per heavy atom. The molecule has 0 aromatic rings.